The minimum absolute atomic E-state index is 0.0942. The molecule has 3 N–H and O–H groups in total. The molecule has 3 aliphatic rings. The van der Waals surface area contributed by atoms with Crippen LogP contribution in [0.4, 0.5) is 0 Å². The number of rotatable bonds is 7. The summed E-state index contributed by atoms with van der Waals surface area (Å²) in [5.74, 6) is -1.27. The van der Waals surface area contributed by atoms with E-state index in [9.17, 15) is 19.2 Å². The number of hydrogen-bond acceptors (Lipinski definition) is 8. The molecule has 5 rings (SSSR count). The quantitative estimate of drug-likeness (QED) is 0.507. The number of aromatic nitrogens is 1. The Kier molecular flexibility index (Phi) is 6.08. The zero-order valence-electron chi connectivity index (χ0n) is 18.5. The van der Waals surface area contributed by atoms with E-state index in [-0.39, 0.29) is 30.1 Å². The number of imide groups is 2. The summed E-state index contributed by atoms with van der Waals surface area (Å²) in [6, 6.07) is 6.04. The number of carbonyl (C=O) groups excluding carboxylic acids is 4. The molecule has 0 bridgehead atoms. The lowest BCUT2D eigenvalue weighted by Gasteiger charge is -2.27. The summed E-state index contributed by atoms with van der Waals surface area (Å²) >= 11 is 0. The Labute approximate surface area is 196 Å². The van der Waals surface area contributed by atoms with Gasteiger partial charge in [-0.2, -0.15) is 0 Å². The number of amides is 4. The third-order valence-electron chi connectivity index (χ3n) is 6.33. The predicted molar refractivity (Wildman–Crippen MR) is 120 cm³/mol. The molecule has 0 spiro atoms. The first-order chi connectivity index (χ1) is 16.5. The number of nitrogens with zero attached hydrogens (tertiary/aromatic N) is 2. The predicted octanol–water partition coefficient (Wildman–Crippen LogP) is 0.513. The Morgan fingerprint density at radius 2 is 1.91 bits per heavy atom. The van der Waals surface area contributed by atoms with Crippen molar-refractivity contribution in [3.8, 4) is 5.75 Å². The average molecular weight is 463 g/mol. The molecule has 0 saturated carbocycles. The summed E-state index contributed by atoms with van der Waals surface area (Å²) < 4.78 is 6.07. The Hall–Kier alpha value is -3.63. The molecule has 4 heterocycles. The molecular formula is C24H25N5O5. The van der Waals surface area contributed by atoms with E-state index in [1.807, 2.05) is 6.07 Å². The van der Waals surface area contributed by atoms with Crippen LogP contribution in [0, 0.1) is 0 Å². The van der Waals surface area contributed by atoms with Crippen molar-refractivity contribution in [3.63, 3.8) is 0 Å². The van der Waals surface area contributed by atoms with Crippen molar-refractivity contribution < 1.29 is 23.9 Å². The molecule has 1 aromatic carbocycles. The van der Waals surface area contributed by atoms with E-state index in [4.69, 9.17) is 4.74 Å². The van der Waals surface area contributed by atoms with Crippen LogP contribution in [-0.2, 0) is 22.7 Å². The summed E-state index contributed by atoms with van der Waals surface area (Å²) in [6.07, 6.45) is 4.77. The Morgan fingerprint density at radius 1 is 1.06 bits per heavy atom. The van der Waals surface area contributed by atoms with E-state index in [1.54, 1.807) is 30.6 Å². The molecule has 34 heavy (non-hydrogen) atoms. The summed E-state index contributed by atoms with van der Waals surface area (Å²) in [5, 5.41) is 8.84. The second-order valence-corrected chi connectivity index (χ2v) is 8.65. The highest BCUT2D eigenvalue weighted by molar-refractivity contribution is 6.23. The van der Waals surface area contributed by atoms with E-state index in [0.29, 0.717) is 13.1 Å². The number of ether oxygens (including phenoxy) is 1. The van der Waals surface area contributed by atoms with Crippen molar-refractivity contribution in [1.29, 1.82) is 0 Å². The fraction of sp³-hybridized carbons (Fsp3) is 0.375. The molecule has 10 nitrogen and oxygen atoms in total. The number of nitrogens with one attached hydrogen (secondary N) is 3. The number of benzene rings is 1. The summed E-state index contributed by atoms with van der Waals surface area (Å²) in [5.41, 5.74) is 2.36. The summed E-state index contributed by atoms with van der Waals surface area (Å²) in [4.78, 5) is 54.6. The van der Waals surface area contributed by atoms with E-state index in [1.165, 1.54) is 0 Å². The lowest BCUT2D eigenvalue weighted by Crippen LogP contribution is -2.54. The van der Waals surface area contributed by atoms with Gasteiger partial charge in [0.25, 0.3) is 11.8 Å². The minimum atomic E-state index is -0.966. The molecule has 2 atom stereocenters. The largest absolute Gasteiger partial charge is 0.487 e. The van der Waals surface area contributed by atoms with Gasteiger partial charge < -0.3 is 15.4 Å². The lowest BCUT2D eigenvalue weighted by molar-refractivity contribution is -0.136. The van der Waals surface area contributed by atoms with Crippen LogP contribution >= 0.6 is 0 Å². The molecule has 0 aliphatic carbocycles. The lowest BCUT2D eigenvalue weighted by atomic mass is 10.0. The molecule has 1 unspecified atom stereocenters. The van der Waals surface area contributed by atoms with E-state index >= 15 is 0 Å². The molecule has 2 aromatic rings. The third kappa shape index (κ3) is 4.29. The van der Waals surface area contributed by atoms with E-state index in [0.717, 1.165) is 41.3 Å². The van der Waals surface area contributed by atoms with Gasteiger partial charge in [0.1, 0.15) is 17.9 Å². The maximum Gasteiger partial charge on any atom is 0.262 e. The van der Waals surface area contributed by atoms with E-state index in [2.05, 4.69) is 20.9 Å². The highest BCUT2D eigenvalue weighted by Crippen LogP contribution is 2.28. The van der Waals surface area contributed by atoms with Crippen molar-refractivity contribution >= 4 is 23.6 Å². The number of hydrogen-bond donors (Lipinski definition) is 3. The van der Waals surface area contributed by atoms with Crippen LogP contribution in [0.1, 0.15) is 51.1 Å². The van der Waals surface area contributed by atoms with Crippen molar-refractivity contribution in [2.24, 2.45) is 0 Å². The number of fused-ring (bicyclic) bond motifs is 1. The third-order valence-corrected chi connectivity index (χ3v) is 6.33. The minimum Gasteiger partial charge on any atom is -0.487 e. The van der Waals surface area contributed by atoms with Crippen LogP contribution in [0.25, 0.3) is 0 Å². The zero-order chi connectivity index (χ0) is 23.7. The first-order valence-corrected chi connectivity index (χ1v) is 11.4. The topological polar surface area (TPSA) is 130 Å². The Balaban J connectivity index is 1.24. The first kappa shape index (κ1) is 22.2. The molecule has 176 valence electrons. The van der Waals surface area contributed by atoms with E-state index < -0.39 is 29.7 Å². The van der Waals surface area contributed by atoms with Crippen molar-refractivity contribution in [1.82, 2.24) is 25.8 Å². The highest BCUT2D eigenvalue weighted by atomic mass is 16.5. The van der Waals surface area contributed by atoms with Gasteiger partial charge in [0, 0.05) is 37.8 Å². The standard InChI is InChI=1S/C24H25N5O5/c30-21-4-3-19(22(31)28-21)29-23(32)17-2-1-14(9-18(17)24(29)33)10-27-11-15-5-7-26-13-20(15)34-16-6-8-25-12-16/h1-2,5,7,9,13,16,19,25,27H,3-4,6,8,10-12H2,(H,28,30,31)/t16-,19?/m0/s1. The molecule has 10 heteroatoms. The second-order valence-electron chi connectivity index (χ2n) is 8.65. The van der Waals surface area contributed by atoms with Crippen molar-refractivity contribution in [2.45, 2.75) is 44.5 Å². The first-order valence-electron chi connectivity index (χ1n) is 11.4. The van der Waals surface area contributed by atoms with Crippen molar-refractivity contribution in [2.75, 3.05) is 13.1 Å². The smallest absolute Gasteiger partial charge is 0.262 e. The average Bonchev–Trinajstić information content (AvgIpc) is 3.42. The van der Waals surface area contributed by atoms with Gasteiger partial charge >= 0.3 is 0 Å². The summed E-state index contributed by atoms with van der Waals surface area (Å²) in [7, 11) is 0. The SMILES string of the molecule is O=C1CCC(N2C(=O)c3ccc(CNCc4ccncc4O[C@H]4CCNC4)cc3C2=O)C(=O)N1. The van der Waals surface area contributed by atoms with Gasteiger partial charge in [-0.05, 0) is 43.1 Å². The normalized spacial score (nSPS) is 22.2. The zero-order valence-corrected chi connectivity index (χ0v) is 18.5. The van der Waals surface area contributed by atoms with Gasteiger partial charge in [-0.3, -0.25) is 34.4 Å². The Morgan fingerprint density at radius 3 is 2.71 bits per heavy atom. The van der Waals surface area contributed by atoms with Gasteiger partial charge in [-0.15, -0.1) is 0 Å². The fourth-order valence-corrected chi connectivity index (χ4v) is 4.54. The molecular weight excluding hydrogens is 438 g/mol. The maximum absolute atomic E-state index is 13.0. The van der Waals surface area contributed by atoms with Gasteiger partial charge in [0.15, 0.2) is 0 Å². The van der Waals surface area contributed by atoms with Gasteiger partial charge in [0.05, 0.1) is 17.3 Å². The second kappa shape index (κ2) is 9.32. The van der Waals surface area contributed by atoms with Crippen LogP contribution in [0.3, 0.4) is 0 Å². The van der Waals surface area contributed by atoms with Crippen LogP contribution in [0.2, 0.25) is 0 Å². The van der Waals surface area contributed by atoms with Crippen LogP contribution in [0.15, 0.2) is 36.7 Å². The molecule has 2 saturated heterocycles. The van der Waals surface area contributed by atoms with Crippen molar-refractivity contribution in [3.05, 3.63) is 58.9 Å². The van der Waals surface area contributed by atoms with Gasteiger partial charge in [0.2, 0.25) is 11.8 Å². The highest BCUT2D eigenvalue weighted by Gasteiger charge is 2.44. The molecule has 0 radical (unpaired) electrons. The number of carbonyl (C=O) groups is 4. The monoisotopic (exact) mass is 463 g/mol. The van der Waals surface area contributed by atoms with Gasteiger partial charge in [-0.25, -0.2) is 0 Å². The maximum atomic E-state index is 13.0. The Bertz CT molecular complexity index is 1160. The van der Waals surface area contributed by atoms with Crippen LogP contribution < -0.4 is 20.7 Å². The molecule has 2 fully saturated rings. The summed E-state index contributed by atoms with van der Waals surface area (Å²) in [6.45, 7) is 2.78. The molecule has 3 aliphatic heterocycles. The fourth-order valence-electron chi connectivity index (χ4n) is 4.54. The van der Waals surface area contributed by atoms with Gasteiger partial charge in [-0.1, -0.05) is 6.07 Å². The van der Waals surface area contributed by atoms with Crippen LogP contribution in [0.5, 0.6) is 5.75 Å². The number of pyridine rings is 1. The number of piperidine rings is 1. The molecule has 4 amide bonds. The van der Waals surface area contributed by atoms with Crippen LogP contribution in [-0.4, -0.2) is 58.7 Å². The molecule has 1 aromatic heterocycles.